The number of aryl methyl sites for hydroxylation is 1. The number of likely N-dealkylation sites (tertiary alicyclic amines) is 1. The number of carboxylic acids is 1. The average molecular weight is 280 g/mol. The molecule has 1 aromatic heterocycles. The molecule has 7 nitrogen and oxygen atoms in total. The van der Waals surface area contributed by atoms with Crippen LogP contribution >= 0.6 is 0 Å². The van der Waals surface area contributed by atoms with E-state index in [1.54, 1.807) is 18.8 Å². The van der Waals surface area contributed by atoms with Gasteiger partial charge in [-0.15, -0.1) is 0 Å². The van der Waals surface area contributed by atoms with E-state index in [2.05, 4.69) is 10.4 Å². The van der Waals surface area contributed by atoms with Crippen LogP contribution in [0, 0.1) is 0 Å². The van der Waals surface area contributed by atoms with Gasteiger partial charge in [-0.25, -0.2) is 4.79 Å². The molecule has 1 unspecified atom stereocenters. The zero-order valence-electron chi connectivity index (χ0n) is 11.8. The summed E-state index contributed by atoms with van der Waals surface area (Å²) < 4.78 is 1.57. The molecule has 0 aromatic carbocycles. The number of piperidine rings is 1. The number of nitrogens with zero attached hydrogens (tertiary/aromatic N) is 3. The van der Waals surface area contributed by atoms with Crippen molar-refractivity contribution in [2.24, 2.45) is 7.05 Å². The molecule has 1 aliphatic heterocycles. The summed E-state index contributed by atoms with van der Waals surface area (Å²) in [6.07, 6.45) is 4.20. The summed E-state index contributed by atoms with van der Waals surface area (Å²) in [7, 11) is 3.35. The van der Waals surface area contributed by atoms with Gasteiger partial charge in [0.15, 0.2) is 0 Å². The van der Waals surface area contributed by atoms with Crippen LogP contribution in [0.25, 0.3) is 0 Å². The summed E-state index contributed by atoms with van der Waals surface area (Å²) in [4.78, 5) is 25.1. The van der Waals surface area contributed by atoms with Crippen LogP contribution in [0.2, 0.25) is 0 Å². The molecule has 0 bridgehead atoms. The molecule has 1 aliphatic rings. The Hall–Kier alpha value is -1.89. The number of carboxylic acid groups (broad SMARTS) is 1. The molecule has 2 N–H and O–H groups in total. The SMILES string of the molecule is CNC(=O)C1CCCCN1Cc1c(C(=O)O)cnn1C. The van der Waals surface area contributed by atoms with Gasteiger partial charge in [0, 0.05) is 20.6 Å². The number of likely N-dealkylation sites (N-methyl/N-ethyl adjacent to an activating group) is 1. The average Bonchev–Trinajstić information content (AvgIpc) is 2.80. The lowest BCUT2D eigenvalue weighted by Crippen LogP contribution is -2.48. The zero-order valence-corrected chi connectivity index (χ0v) is 11.8. The zero-order chi connectivity index (χ0) is 14.7. The molecule has 0 saturated carbocycles. The second kappa shape index (κ2) is 6.04. The molecule has 110 valence electrons. The first-order valence-electron chi connectivity index (χ1n) is 6.74. The van der Waals surface area contributed by atoms with Crippen molar-refractivity contribution in [1.82, 2.24) is 20.0 Å². The molecule has 1 aromatic rings. The largest absolute Gasteiger partial charge is 0.478 e. The molecular weight excluding hydrogens is 260 g/mol. The predicted molar refractivity (Wildman–Crippen MR) is 72.3 cm³/mol. The molecule has 0 aliphatic carbocycles. The Labute approximate surface area is 117 Å². The third kappa shape index (κ3) is 2.82. The van der Waals surface area contributed by atoms with Crippen molar-refractivity contribution in [2.75, 3.05) is 13.6 Å². The fraction of sp³-hybridized carbons (Fsp3) is 0.615. The Kier molecular flexibility index (Phi) is 4.39. The summed E-state index contributed by atoms with van der Waals surface area (Å²) in [6, 6.07) is -0.190. The van der Waals surface area contributed by atoms with Gasteiger partial charge >= 0.3 is 5.97 Å². The van der Waals surface area contributed by atoms with Crippen molar-refractivity contribution < 1.29 is 14.7 Å². The molecule has 1 amide bonds. The number of rotatable bonds is 4. The maximum absolute atomic E-state index is 11.9. The maximum Gasteiger partial charge on any atom is 0.339 e. The fourth-order valence-electron chi connectivity index (χ4n) is 2.67. The van der Waals surface area contributed by atoms with E-state index >= 15 is 0 Å². The van der Waals surface area contributed by atoms with Gasteiger partial charge in [-0.2, -0.15) is 5.10 Å². The number of amides is 1. The number of nitrogens with one attached hydrogen (secondary N) is 1. The van der Waals surface area contributed by atoms with E-state index in [4.69, 9.17) is 0 Å². The molecule has 20 heavy (non-hydrogen) atoms. The van der Waals surface area contributed by atoms with Crippen LogP contribution < -0.4 is 5.32 Å². The van der Waals surface area contributed by atoms with E-state index in [-0.39, 0.29) is 17.5 Å². The van der Waals surface area contributed by atoms with Crippen LogP contribution in [0.4, 0.5) is 0 Å². The topological polar surface area (TPSA) is 87.5 Å². The predicted octanol–water partition coefficient (Wildman–Crippen LogP) is 0.219. The molecule has 1 fully saturated rings. The first kappa shape index (κ1) is 14.5. The molecule has 1 atom stereocenters. The Morgan fingerprint density at radius 2 is 2.25 bits per heavy atom. The lowest BCUT2D eigenvalue weighted by atomic mass is 10.0. The minimum atomic E-state index is -0.985. The summed E-state index contributed by atoms with van der Waals surface area (Å²) in [5.41, 5.74) is 0.835. The first-order chi connectivity index (χ1) is 9.54. The number of aromatic nitrogens is 2. The number of aromatic carboxylic acids is 1. The van der Waals surface area contributed by atoms with Crippen molar-refractivity contribution in [3.8, 4) is 0 Å². The molecule has 2 heterocycles. The maximum atomic E-state index is 11.9. The van der Waals surface area contributed by atoms with Crippen LogP contribution in [-0.4, -0.2) is 51.3 Å². The second-order valence-corrected chi connectivity index (χ2v) is 5.03. The summed E-state index contributed by atoms with van der Waals surface area (Å²) in [5, 5.41) is 15.9. The number of hydrogen-bond donors (Lipinski definition) is 2. The number of carbonyl (C=O) groups is 2. The molecule has 0 radical (unpaired) electrons. The third-order valence-corrected chi connectivity index (χ3v) is 3.81. The van der Waals surface area contributed by atoms with Gasteiger partial charge in [0.25, 0.3) is 0 Å². The van der Waals surface area contributed by atoms with Crippen molar-refractivity contribution in [2.45, 2.75) is 31.8 Å². The van der Waals surface area contributed by atoms with Gasteiger partial charge in [-0.1, -0.05) is 6.42 Å². The monoisotopic (exact) mass is 280 g/mol. The van der Waals surface area contributed by atoms with E-state index in [0.717, 1.165) is 25.8 Å². The van der Waals surface area contributed by atoms with Crippen LogP contribution in [0.15, 0.2) is 6.20 Å². The van der Waals surface area contributed by atoms with Crippen LogP contribution in [0.1, 0.15) is 35.3 Å². The van der Waals surface area contributed by atoms with Crippen molar-refractivity contribution in [3.63, 3.8) is 0 Å². The Morgan fingerprint density at radius 1 is 1.50 bits per heavy atom. The van der Waals surface area contributed by atoms with E-state index in [9.17, 15) is 14.7 Å². The van der Waals surface area contributed by atoms with E-state index in [0.29, 0.717) is 12.2 Å². The molecule has 0 spiro atoms. The Morgan fingerprint density at radius 3 is 2.90 bits per heavy atom. The standard InChI is InChI=1S/C13H20N4O3/c1-14-12(18)10-5-3-4-6-17(10)8-11-9(13(19)20)7-15-16(11)2/h7,10H,3-6,8H2,1-2H3,(H,14,18)(H,19,20). The quantitative estimate of drug-likeness (QED) is 0.823. The van der Waals surface area contributed by atoms with Gasteiger partial charge in [-0.3, -0.25) is 14.4 Å². The number of carbonyl (C=O) groups excluding carboxylic acids is 1. The molecule has 2 rings (SSSR count). The summed E-state index contributed by atoms with van der Waals surface area (Å²) in [5.74, 6) is -0.995. The summed E-state index contributed by atoms with van der Waals surface area (Å²) >= 11 is 0. The van der Waals surface area contributed by atoms with Gasteiger partial charge in [0.2, 0.25) is 5.91 Å². The van der Waals surface area contributed by atoms with Gasteiger partial charge in [0.1, 0.15) is 5.56 Å². The van der Waals surface area contributed by atoms with Gasteiger partial charge < -0.3 is 10.4 Å². The highest BCUT2D eigenvalue weighted by molar-refractivity contribution is 5.88. The van der Waals surface area contributed by atoms with Gasteiger partial charge in [-0.05, 0) is 19.4 Å². The molecule has 7 heteroatoms. The summed E-state index contributed by atoms with van der Waals surface area (Å²) in [6.45, 7) is 1.22. The second-order valence-electron chi connectivity index (χ2n) is 5.03. The van der Waals surface area contributed by atoms with Crippen LogP contribution in [-0.2, 0) is 18.4 Å². The van der Waals surface area contributed by atoms with Crippen LogP contribution in [0.5, 0.6) is 0 Å². The normalized spacial score (nSPS) is 19.8. The van der Waals surface area contributed by atoms with Crippen molar-refractivity contribution in [3.05, 3.63) is 17.5 Å². The highest BCUT2D eigenvalue weighted by atomic mass is 16.4. The highest BCUT2D eigenvalue weighted by Crippen LogP contribution is 2.21. The smallest absolute Gasteiger partial charge is 0.339 e. The lowest BCUT2D eigenvalue weighted by molar-refractivity contribution is -0.127. The minimum absolute atomic E-state index is 0.0104. The van der Waals surface area contributed by atoms with E-state index < -0.39 is 5.97 Å². The minimum Gasteiger partial charge on any atom is -0.478 e. The molecular formula is C13H20N4O3. The van der Waals surface area contributed by atoms with Crippen molar-refractivity contribution in [1.29, 1.82) is 0 Å². The van der Waals surface area contributed by atoms with Crippen LogP contribution in [0.3, 0.4) is 0 Å². The van der Waals surface area contributed by atoms with Crippen molar-refractivity contribution >= 4 is 11.9 Å². The lowest BCUT2D eigenvalue weighted by Gasteiger charge is -2.34. The van der Waals surface area contributed by atoms with E-state index in [1.165, 1.54) is 6.20 Å². The first-order valence-corrected chi connectivity index (χ1v) is 6.74. The highest BCUT2D eigenvalue weighted by Gasteiger charge is 2.29. The number of hydrogen-bond acceptors (Lipinski definition) is 4. The Bertz CT molecular complexity index is 512. The van der Waals surface area contributed by atoms with Gasteiger partial charge in [0.05, 0.1) is 17.9 Å². The third-order valence-electron chi connectivity index (χ3n) is 3.81. The Balaban J connectivity index is 2.21. The molecule has 1 saturated heterocycles. The van der Waals surface area contributed by atoms with E-state index in [1.807, 2.05) is 4.90 Å². The fourth-order valence-corrected chi connectivity index (χ4v) is 2.67.